The standard InChI is InChI=1S/C14H17ClN4O/c1-8(2)7-20-12-4-9(3)10(5-17-12)13-11(15)6-18-14(16)19-13/h4-6,8H,7H2,1-3H3,(H2,16,18,19). The van der Waals surface area contributed by atoms with Gasteiger partial charge in [-0.3, -0.25) is 0 Å². The van der Waals surface area contributed by atoms with Crippen LogP contribution < -0.4 is 10.5 Å². The van der Waals surface area contributed by atoms with E-state index in [0.29, 0.717) is 29.1 Å². The Hall–Kier alpha value is -1.88. The maximum Gasteiger partial charge on any atom is 0.220 e. The number of pyridine rings is 1. The molecular weight excluding hydrogens is 276 g/mol. The first-order valence-corrected chi connectivity index (χ1v) is 6.73. The number of hydrogen-bond acceptors (Lipinski definition) is 5. The first-order chi connectivity index (χ1) is 9.47. The van der Waals surface area contributed by atoms with Gasteiger partial charge >= 0.3 is 0 Å². The minimum absolute atomic E-state index is 0.184. The number of nitrogen functional groups attached to an aromatic ring is 1. The highest BCUT2D eigenvalue weighted by Gasteiger charge is 2.11. The van der Waals surface area contributed by atoms with Crippen LogP contribution in [-0.4, -0.2) is 21.6 Å². The van der Waals surface area contributed by atoms with Gasteiger partial charge in [0.1, 0.15) is 0 Å². The molecule has 0 saturated carbocycles. The minimum atomic E-state index is 0.184. The zero-order chi connectivity index (χ0) is 14.7. The number of anilines is 1. The highest BCUT2D eigenvalue weighted by Crippen LogP contribution is 2.29. The van der Waals surface area contributed by atoms with Crippen LogP contribution in [0.1, 0.15) is 19.4 Å². The molecule has 0 aromatic carbocycles. The van der Waals surface area contributed by atoms with Gasteiger partial charge in [0, 0.05) is 17.8 Å². The van der Waals surface area contributed by atoms with E-state index in [1.54, 1.807) is 6.20 Å². The number of nitrogens with zero attached hydrogens (tertiary/aromatic N) is 3. The predicted molar refractivity (Wildman–Crippen MR) is 79.8 cm³/mol. The lowest BCUT2D eigenvalue weighted by atomic mass is 10.1. The van der Waals surface area contributed by atoms with Gasteiger partial charge in [-0.05, 0) is 18.4 Å². The Morgan fingerprint density at radius 1 is 1.30 bits per heavy atom. The Kier molecular flexibility index (Phi) is 4.39. The molecule has 0 atom stereocenters. The van der Waals surface area contributed by atoms with Gasteiger partial charge in [-0.1, -0.05) is 25.4 Å². The second-order valence-electron chi connectivity index (χ2n) is 4.97. The van der Waals surface area contributed by atoms with Crippen LogP contribution in [0.2, 0.25) is 5.02 Å². The van der Waals surface area contributed by atoms with Crippen LogP contribution in [0.4, 0.5) is 5.95 Å². The van der Waals surface area contributed by atoms with Gasteiger partial charge in [-0.15, -0.1) is 0 Å². The van der Waals surface area contributed by atoms with E-state index in [2.05, 4.69) is 28.8 Å². The molecule has 0 aliphatic carbocycles. The third-order valence-electron chi connectivity index (χ3n) is 2.67. The number of aryl methyl sites for hydroxylation is 1. The van der Waals surface area contributed by atoms with Crippen molar-refractivity contribution in [3.05, 3.63) is 29.0 Å². The quantitative estimate of drug-likeness (QED) is 0.937. The predicted octanol–water partition coefficient (Wildman–Crippen LogP) is 3.12. The zero-order valence-corrected chi connectivity index (χ0v) is 12.5. The Bertz CT molecular complexity index is 616. The Morgan fingerprint density at radius 2 is 2.05 bits per heavy atom. The molecule has 0 amide bonds. The van der Waals surface area contributed by atoms with Crippen molar-refractivity contribution in [2.75, 3.05) is 12.3 Å². The van der Waals surface area contributed by atoms with Crippen LogP contribution in [0.15, 0.2) is 18.5 Å². The number of rotatable bonds is 4. The molecule has 0 unspecified atom stereocenters. The summed E-state index contributed by atoms with van der Waals surface area (Å²) in [6, 6.07) is 1.87. The summed E-state index contributed by atoms with van der Waals surface area (Å²) in [4.78, 5) is 12.3. The molecule has 2 rings (SSSR count). The van der Waals surface area contributed by atoms with Crippen molar-refractivity contribution in [2.45, 2.75) is 20.8 Å². The smallest absolute Gasteiger partial charge is 0.220 e. The lowest BCUT2D eigenvalue weighted by molar-refractivity contribution is 0.261. The fraction of sp³-hybridized carbons (Fsp3) is 0.357. The van der Waals surface area contributed by atoms with E-state index in [-0.39, 0.29) is 5.95 Å². The third-order valence-corrected chi connectivity index (χ3v) is 2.94. The number of hydrogen-bond donors (Lipinski definition) is 1. The Morgan fingerprint density at radius 3 is 2.70 bits per heavy atom. The van der Waals surface area contributed by atoms with E-state index < -0.39 is 0 Å². The topological polar surface area (TPSA) is 73.9 Å². The van der Waals surface area contributed by atoms with E-state index in [1.807, 2.05) is 13.0 Å². The van der Waals surface area contributed by atoms with E-state index in [4.69, 9.17) is 22.1 Å². The van der Waals surface area contributed by atoms with Gasteiger partial charge in [0.15, 0.2) is 0 Å². The van der Waals surface area contributed by atoms with Gasteiger partial charge < -0.3 is 10.5 Å². The highest BCUT2D eigenvalue weighted by atomic mass is 35.5. The second-order valence-corrected chi connectivity index (χ2v) is 5.37. The van der Waals surface area contributed by atoms with Crippen molar-refractivity contribution in [1.82, 2.24) is 15.0 Å². The average Bonchev–Trinajstić information content (AvgIpc) is 2.39. The first-order valence-electron chi connectivity index (χ1n) is 6.35. The molecule has 106 valence electrons. The first kappa shape index (κ1) is 14.5. The summed E-state index contributed by atoms with van der Waals surface area (Å²) in [5.74, 6) is 1.23. The fourth-order valence-corrected chi connectivity index (χ4v) is 1.87. The van der Waals surface area contributed by atoms with Crippen LogP contribution in [0.5, 0.6) is 5.88 Å². The van der Waals surface area contributed by atoms with E-state index in [1.165, 1.54) is 6.20 Å². The van der Waals surface area contributed by atoms with Gasteiger partial charge in [0.2, 0.25) is 11.8 Å². The molecule has 2 N–H and O–H groups in total. The summed E-state index contributed by atoms with van der Waals surface area (Å²) in [5.41, 5.74) is 7.97. The van der Waals surface area contributed by atoms with E-state index >= 15 is 0 Å². The Balaban J connectivity index is 2.32. The molecule has 0 saturated heterocycles. The van der Waals surface area contributed by atoms with Crippen molar-refractivity contribution in [1.29, 1.82) is 0 Å². The molecule has 6 heteroatoms. The lowest BCUT2D eigenvalue weighted by Crippen LogP contribution is -2.06. The van der Waals surface area contributed by atoms with Crippen LogP contribution >= 0.6 is 11.6 Å². The highest BCUT2D eigenvalue weighted by molar-refractivity contribution is 6.32. The molecule has 2 aromatic heterocycles. The van der Waals surface area contributed by atoms with Gasteiger partial charge in [0.25, 0.3) is 0 Å². The molecule has 5 nitrogen and oxygen atoms in total. The van der Waals surface area contributed by atoms with Crippen molar-refractivity contribution in [3.8, 4) is 17.1 Å². The SMILES string of the molecule is Cc1cc(OCC(C)C)ncc1-c1nc(N)ncc1Cl. The number of aromatic nitrogens is 3. The molecule has 20 heavy (non-hydrogen) atoms. The summed E-state index contributed by atoms with van der Waals surface area (Å²) < 4.78 is 5.59. The van der Waals surface area contributed by atoms with E-state index in [0.717, 1.165) is 11.1 Å². The molecule has 0 radical (unpaired) electrons. The van der Waals surface area contributed by atoms with Gasteiger partial charge in [-0.2, -0.15) is 0 Å². The van der Waals surface area contributed by atoms with Crippen molar-refractivity contribution in [3.63, 3.8) is 0 Å². The van der Waals surface area contributed by atoms with E-state index in [9.17, 15) is 0 Å². The summed E-state index contributed by atoms with van der Waals surface area (Å²) in [5, 5.41) is 0.444. The molecular formula is C14H17ClN4O. The molecule has 0 spiro atoms. The summed E-state index contributed by atoms with van der Waals surface area (Å²) in [7, 11) is 0. The lowest BCUT2D eigenvalue weighted by Gasteiger charge is -2.11. The molecule has 0 aliphatic heterocycles. The third kappa shape index (κ3) is 3.36. The maximum absolute atomic E-state index is 6.11. The van der Waals surface area contributed by atoms with Gasteiger partial charge in [0.05, 0.1) is 23.5 Å². The van der Waals surface area contributed by atoms with Crippen LogP contribution in [0, 0.1) is 12.8 Å². The van der Waals surface area contributed by atoms with Crippen molar-refractivity contribution < 1.29 is 4.74 Å². The zero-order valence-electron chi connectivity index (χ0n) is 11.7. The van der Waals surface area contributed by atoms with Crippen LogP contribution in [0.3, 0.4) is 0 Å². The normalized spacial score (nSPS) is 10.8. The second kappa shape index (κ2) is 6.05. The number of halogens is 1. The van der Waals surface area contributed by atoms with Crippen molar-refractivity contribution >= 4 is 17.5 Å². The molecule has 2 aromatic rings. The molecule has 0 bridgehead atoms. The molecule has 0 aliphatic rings. The van der Waals surface area contributed by atoms with Crippen LogP contribution in [-0.2, 0) is 0 Å². The minimum Gasteiger partial charge on any atom is -0.477 e. The fourth-order valence-electron chi connectivity index (χ4n) is 1.68. The van der Waals surface area contributed by atoms with Crippen LogP contribution in [0.25, 0.3) is 11.3 Å². The largest absolute Gasteiger partial charge is 0.477 e. The maximum atomic E-state index is 6.11. The molecule has 2 heterocycles. The molecule has 0 fully saturated rings. The monoisotopic (exact) mass is 292 g/mol. The van der Waals surface area contributed by atoms with Crippen molar-refractivity contribution in [2.24, 2.45) is 5.92 Å². The number of nitrogens with two attached hydrogens (primary N) is 1. The number of ether oxygens (including phenoxy) is 1. The summed E-state index contributed by atoms with van der Waals surface area (Å²) in [6.45, 7) is 6.76. The average molecular weight is 293 g/mol. The van der Waals surface area contributed by atoms with Gasteiger partial charge in [-0.25, -0.2) is 15.0 Å². The summed E-state index contributed by atoms with van der Waals surface area (Å²) in [6.07, 6.45) is 3.18. The summed E-state index contributed by atoms with van der Waals surface area (Å²) >= 11 is 6.11. The Labute approximate surface area is 123 Å².